The van der Waals surface area contributed by atoms with Gasteiger partial charge in [0.15, 0.2) is 16.7 Å². The third-order valence-electron chi connectivity index (χ3n) is 5.36. The molecule has 1 amide bonds. The highest BCUT2D eigenvalue weighted by Gasteiger charge is 2.14. The minimum absolute atomic E-state index is 0.0402. The molecule has 0 bridgehead atoms. The van der Waals surface area contributed by atoms with Crippen molar-refractivity contribution in [3.8, 4) is 11.5 Å². The number of carbonyl (C=O) groups is 1. The lowest BCUT2D eigenvalue weighted by molar-refractivity contribution is -0.113. The van der Waals surface area contributed by atoms with E-state index in [9.17, 15) is 14.0 Å². The predicted octanol–water partition coefficient (Wildman–Crippen LogP) is 4.53. The van der Waals surface area contributed by atoms with Gasteiger partial charge in [-0.05, 0) is 60.5 Å². The maximum absolute atomic E-state index is 13.3. The summed E-state index contributed by atoms with van der Waals surface area (Å²) in [6, 6.07) is 18.3. The number of hydrogen-bond acceptors (Lipinski definition) is 6. The highest BCUT2D eigenvalue weighted by Crippen LogP contribution is 2.28. The van der Waals surface area contributed by atoms with Crippen molar-refractivity contribution in [2.45, 2.75) is 18.1 Å². The van der Waals surface area contributed by atoms with E-state index in [4.69, 9.17) is 9.47 Å². The quantitative estimate of drug-likeness (QED) is 0.273. The number of rotatable bonds is 9. The number of hydrogen-bond donors (Lipinski definition) is 1. The highest BCUT2D eigenvalue weighted by atomic mass is 32.2. The van der Waals surface area contributed by atoms with Crippen LogP contribution in [0.15, 0.2) is 76.7 Å². The topological polar surface area (TPSA) is 82.5 Å². The van der Waals surface area contributed by atoms with Crippen LogP contribution < -0.4 is 20.3 Å². The van der Waals surface area contributed by atoms with E-state index in [-0.39, 0.29) is 23.0 Å². The molecular weight excluding hydrogens is 469 g/mol. The Kier molecular flexibility index (Phi) is 7.67. The van der Waals surface area contributed by atoms with Gasteiger partial charge in [-0.15, -0.1) is 0 Å². The van der Waals surface area contributed by atoms with Crippen LogP contribution in [0.2, 0.25) is 0 Å². The third-order valence-corrected chi connectivity index (χ3v) is 6.34. The van der Waals surface area contributed by atoms with Crippen LogP contribution in [-0.2, 0) is 17.8 Å². The van der Waals surface area contributed by atoms with Crippen LogP contribution in [0, 0.1) is 5.82 Å². The first-order chi connectivity index (χ1) is 17.0. The Morgan fingerprint density at radius 1 is 1.03 bits per heavy atom. The molecule has 180 valence electrons. The standard InChI is InChI=1S/C26H24FN3O4S/c1-33-22-12-7-17(15-23(22)34-2)13-14-30-25(32)20-5-3-4-6-21(20)29-26(30)35-16-24(31)28-19-10-8-18(27)9-11-19/h3-12,15H,13-14,16H2,1-2H3,(H,28,31). The summed E-state index contributed by atoms with van der Waals surface area (Å²) in [5, 5.41) is 3.69. The van der Waals surface area contributed by atoms with E-state index in [0.717, 1.165) is 5.56 Å². The van der Waals surface area contributed by atoms with E-state index in [1.165, 1.54) is 36.0 Å². The summed E-state index contributed by atoms with van der Waals surface area (Å²) in [4.78, 5) is 30.4. The second kappa shape index (κ2) is 11.1. The molecule has 0 aliphatic heterocycles. The van der Waals surface area contributed by atoms with Crippen LogP contribution >= 0.6 is 11.8 Å². The zero-order chi connectivity index (χ0) is 24.8. The molecule has 0 saturated carbocycles. The van der Waals surface area contributed by atoms with Crippen molar-refractivity contribution in [1.29, 1.82) is 0 Å². The number of para-hydroxylation sites is 1. The Morgan fingerprint density at radius 3 is 2.51 bits per heavy atom. The molecule has 0 saturated heterocycles. The van der Waals surface area contributed by atoms with E-state index < -0.39 is 0 Å². The molecule has 0 fully saturated rings. The lowest BCUT2D eigenvalue weighted by atomic mass is 10.1. The highest BCUT2D eigenvalue weighted by molar-refractivity contribution is 7.99. The minimum atomic E-state index is -0.378. The molecule has 7 nitrogen and oxygen atoms in total. The van der Waals surface area contributed by atoms with Gasteiger partial charge in [-0.3, -0.25) is 14.2 Å². The number of aryl methyl sites for hydroxylation is 1. The second-order valence-corrected chi connectivity index (χ2v) is 8.59. The Bertz CT molecular complexity index is 1410. The SMILES string of the molecule is COc1ccc(CCn2c(SCC(=O)Nc3ccc(F)cc3)nc3ccccc3c2=O)cc1OC. The van der Waals surface area contributed by atoms with Crippen molar-refractivity contribution in [3.63, 3.8) is 0 Å². The van der Waals surface area contributed by atoms with Gasteiger partial charge in [0.25, 0.3) is 5.56 Å². The van der Waals surface area contributed by atoms with Crippen molar-refractivity contribution in [2.24, 2.45) is 0 Å². The molecule has 0 aliphatic rings. The smallest absolute Gasteiger partial charge is 0.262 e. The summed E-state index contributed by atoms with van der Waals surface area (Å²) in [5.41, 5.74) is 1.86. The van der Waals surface area contributed by atoms with Crippen LogP contribution in [-0.4, -0.2) is 35.4 Å². The molecular formula is C26H24FN3O4S. The third kappa shape index (κ3) is 5.81. The first-order valence-electron chi connectivity index (χ1n) is 10.9. The van der Waals surface area contributed by atoms with E-state index in [1.54, 1.807) is 37.0 Å². The maximum atomic E-state index is 13.3. The minimum Gasteiger partial charge on any atom is -0.493 e. The van der Waals surface area contributed by atoms with Gasteiger partial charge in [-0.1, -0.05) is 30.0 Å². The molecule has 1 N–H and O–H groups in total. The number of amides is 1. The second-order valence-electron chi connectivity index (χ2n) is 7.65. The van der Waals surface area contributed by atoms with Crippen LogP contribution in [0.25, 0.3) is 10.9 Å². The van der Waals surface area contributed by atoms with E-state index in [2.05, 4.69) is 10.3 Å². The van der Waals surface area contributed by atoms with Crippen molar-refractivity contribution < 1.29 is 18.7 Å². The van der Waals surface area contributed by atoms with Crippen molar-refractivity contribution in [1.82, 2.24) is 9.55 Å². The van der Waals surface area contributed by atoms with Gasteiger partial charge in [0.05, 0.1) is 30.9 Å². The van der Waals surface area contributed by atoms with Gasteiger partial charge in [-0.25, -0.2) is 9.37 Å². The van der Waals surface area contributed by atoms with Gasteiger partial charge >= 0.3 is 0 Å². The number of fused-ring (bicyclic) bond motifs is 1. The summed E-state index contributed by atoms with van der Waals surface area (Å²) in [7, 11) is 3.15. The number of halogens is 1. The molecule has 4 aromatic rings. The van der Waals surface area contributed by atoms with Crippen LogP contribution in [0.3, 0.4) is 0 Å². The molecule has 0 aliphatic carbocycles. The van der Waals surface area contributed by atoms with Gasteiger partial charge in [0, 0.05) is 12.2 Å². The molecule has 9 heteroatoms. The van der Waals surface area contributed by atoms with E-state index >= 15 is 0 Å². The van der Waals surface area contributed by atoms with Gasteiger partial charge in [-0.2, -0.15) is 0 Å². The number of benzene rings is 3. The zero-order valence-corrected chi connectivity index (χ0v) is 20.1. The molecule has 0 radical (unpaired) electrons. The monoisotopic (exact) mass is 493 g/mol. The molecule has 0 unspecified atom stereocenters. The fourth-order valence-electron chi connectivity index (χ4n) is 3.59. The number of methoxy groups -OCH3 is 2. The Hall–Kier alpha value is -3.85. The number of aromatic nitrogens is 2. The van der Waals surface area contributed by atoms with Gasteiger partial charge in [0.1, 0.15) is 5.82 Å². The Morgan fingerprint density at radius 2 is 1.77 bits per heavy atom. The van der Waals surface area contributed by atoms with Gasteiger partial charge < -0.3 is 14.8 Å². The Balaban J connectivity index is 1.56. The summed E-state index contributed by atoms with van der Waals surface area (Å²) < 4.78 is 25.4. The van der Waals surface area contributed by atoms with E-state index in [0.29, 0.717) is 46.2 Å². The van der Waals surface area contributed by atoms with Crippen LogP contribution in [0.4, 0.5) is 10.1 Å². The van der Waals surface area contributed by atoms with Crippen molar-refractivity contribution in [2.75, 3.05) is 25.3 Å². The first kappa shape index (κ1) is 24.3. The molecule has 0 spiro atoms. The molecule has 1 aromatic heterocycles. The van der Waals surface area contributed by atoms with Gasteiger partial charge in [0.2, 0.25) is 5.91 Å². The average molecular weight is 494 g/mol. The summed E-state index contributed by atoms with van der Waals surface area (Å²) >= 11 is 1.18. The Labute approximate surface area is 205 Å². The fourth-order valence-corrected chi connectivity index (χ4v) is 4.42. The normalized spacial score (nSPS) is 10.8. The zero-order valence-electron chi connectivity index (χ0n) is 19.3. The molecule has 0 atom stereocenters. The molecule has 4 rings (SSSR count). The lowest BCUT2D eigenvalue weighted by Gasteiger charge is -2.14. The number of nitrogens with zero attached hydrogens (tertiary/aromatic N) is 2. The number of carbonyl (C=O) groups excluding carboxylic acids is 1. The summed E-state index contributed by atoms with van der Waals surface area (Å²) in [5.74, 6) is 0.621. The fraction of sp³-hybridized carbons (Fsp3) is 0.192. The van der Waals surface area contributed by atoms with E-state index in [1.807, 2.05) is 24.3 Å². The lowest BCUT2D eigenvalue weighted by Crippen LogP contribution is -2.25. The van der Waals surface area contributed by atoms with Crippen LogP contribution in [0.1, 0.15) is 5.56 Å². The number of nitrogens with one attached hydrogen (secondary N) is 1. The molecule has 35 heavy (non-hydrogen) atoms. The summed E-state index contributed by atoms with van der Waals surface area (Å²) in [6.45, 7) is 0.369. The largest absolute Gasteiger partial charge is 0.493 e. The number of anilines is 1. The summed E-state index contributed by atoms with van der Waals surface area (Å²) in [6.07, 6.45) is 0.551. The first-order valence-corrected chi connectivity index (χ1v) is 11.9. The maximum Gasteiger partial charge on any atom is 0.262 e. The van der Waals surface area contributed by atoms with Crippen LogP contribution in [0.5, 0.6) is 11.5 Å². The number of thioether (sulfide) groups is 1. The van der Waals surface area contributed by atoms with Crippen molar-refractivity contribution in [3.05, 3.63) is 88.5 Å². The average Bonchev–Trinajstić information content (AvgIpc) is 2.88. The number of ether oxygens (including phenoxy) is 2. The molecule has 1 heterocycles. The predicted molar refractivity (Wildman–Crippen MR) is 135 cm³/mol. The molecule has 3 aromatic carbocycles. The van der Waals surface area contributed by atoms with Crippen molar-refractivity contribution >= 4 is 34.3 Å².